The van der Waals surface area contributed by atoms with Crippen molar-refractivity contribution in [2.45, 2.75) is 13.3 Å². The highest BCUT2D eigenvalue weighted by molar-refractivity contribution is 5.96. The van der Waals surface area contributed by atoms with Crippen LogP contribution in [0.1, 0.15) is 23.7 Å². The molecule has 1 rings (SSSR count). The van der Waals surface area contributed by atoms with Gasteiger partial charge in [-0.15, -0.1) is 0 Å². The van der Waals surface area contributed by atoms with Crippen molar-refractivity contribution >= 4 is 23.3 Å². The highest BCUT2D eigenvalue weighted by atomic mass is 16.5. The number of hydrogen-bond acceptors (Lipinski definition) is 5. The molecule has 104 valence electrons. The lowest BCUT2D eigenvalue weighted by atomic mass is 10.1. The number of nitrogen functional groups attached to an aromatic ring is 1. The first-order valence-corrected chi connectivity index (χ1v) is 6.09. The standard InChI is InChI=1S/C13H19N3O3/c1-3-19-12(17)6-7-16-13(18)9-4-5-11(15-2)10(14)8-9/h4-5,8,15H,3,6-7,14H2,1-2H3,(H,16,18). The Kier molecular flexibility index (Phi) is 5.66. The van der Waals surface area contributed by atoms with Crippen molar-refractivity contribution in [3.63, 3.8) is 0 Å². The molecule has 0 heterocycles. The van der Waals surface area contributed by atoms with Crippen LogP contribution in [0.3, 0.4) is 0 Å². The van der Waals surface area contributed by atoms with Crippen LogP contribution < -0.4 is 16.4 Å². The maximum absolute atomic E-state index is 11.8. The number of esters is 1. The molecule has 0 aliphatic heterocycles. The van der Waals surface area contributed by atoms with Crippen molar-refractivity contribution < 1.29 is 14.3 Å². The smallest absolute Gasteiger partial charge is 0.307 e. The molecule has 6 heteroatoms. The van der Waals surface area contributed by atoms with Crippen LogP contribution in [-0.2, 0) is 9.53 Å². The number of hydrogen-bond donors (Lipinski definition) is 3. The van der Waals surface area contributed by atoms with Gasteiger partial charge in [-0.05, 0) is 25.1 Å². The van der Waals surface area contributed by atoms with E-state index in [0.29, 0.717) is 17.9 Å². The molecule has 1 aromatic rings. The van der Waals surface area contributed by atoms with E-state index in [2.05, 4.69) is 10.6 Å². The third-order valence-corrected chi connectivity index (χ3v) is 2.50. The van der Waals surface area contributed by atoms with E-state index < -0.39 is 0 Å². The van der Waals surface area contributed by atoms with Crippen LogP contribution in [0, 0.1) is 0 Å². The van der Waals surface area contributed by atoms with Crippen LogP contribution in [-0.4, -0.2) is 32.1 Å². The van der Waals surface area contributed by atoms with Gasteiger partial charge in [-0.1, -0.05) is 0 Å². The molecule has 0 aliphatic rings. The molecule has 0 saturated carbocycles. The van der Waals surface area contributed by atoms with Crippen LogP contribution in [0.2, 0.25) is 0 Å². The highest BCUT2D eigenvalue weighted by Gasteiger charge is 2.08. The first-order valence-electron chi connectivity index (χ1n) is 6.09. The molecule has 0 saturated heterocycles. The topological polar surface area (TPSA) is 93.4 Å². The molecule has 0 unspecified atom stereocenters. The number of nitrogens with two attached hydrogens (primary N) is 1. The van der Waals surface area contributed by atoms with E-state index in [1.807, 2.05) is 0 Å². The number of benzene rings is 1. The predicted molar refractivity (Wildman–Crippen MR) is 74.0 cm³/mol. The second-order valence-electron chi connectivity index (χ2n) is 3.86. The molecule has 1 amide bonds. The summed E-state index contributed by atoms with van der Waals surface area (Å²) < 4.78 is 4.76. The third kappa shape index (κ3) is 4.50. The Morgan fingerprint density at radius 3 is 2.68 bits per heavy atom. The summed E-state index contributed by atoms with van der Waals surface area (Å²) in [4.78, 5) is 22.9. The summed E-state index contributed by atoms with van der Waals surface area (Å²) in [5.74, 6) is -0.591. The number of amides is 1. The lowest BCUT2D eigenvalue weighted by molar-refractivity contribution is -0.142. The van der Waals surface area contributed by atoms with Gasteiger partial charge in [-0.25, -0.2) is 0 Å². The van der Waals surface area contributed by atoms with Crippen LogP contribution in [0.4, 0.5) is 11.4 Å². The van der Waals surface area contributed by atoms with Gasteiger partial charge in [0.2, 0.25) is 0 Å². The fourth-order valence-electron chi connectivity index (χ4n) is 1.54. The van der Waals surface area contributed by atoms with Gasteiger partial charge in [0.25, 0.3) is 5.91 Å². The maximum Gasteiger partial charge on any atom is 0.307 e. The van der Waals surface area contributed by atoms with Crippen molar-refractivity contribution in [2.75, 3.05) is 31.2 Å². The SMILES string of the molecule is CCOC(=O)CCNC(=O)c1ccc(NC)c(N)c1. The molecule has 0 fully saturated rings. The van der Waals surface area contributed by atoms with Gasteiger partial charge in [-0.2, -0.15) is 0 Å². The average Bonchev–Trinajstić information content (AvgIpc) is 2.38. The first-order chi connectivity index (χ1) is 9.08. The molecule has 0 atom stereocenters. The van der Waals surface area contributed by atoms with Gasteiger partial charge in [0, 0.05) is 19.2 Å². The van der Waals surface area contributed by atoms with Crippen LogP contribution in [0.15, 0.2) is 18.2 Å². The molecule has 1 aromatic carbocycles. The summed E-state index contributed by atoms with van der Waals surface area (Å²) >= 11 is 0. The summed E-state index contributed by atoms with van der Waals surface area (Å²) in [7, 11) is 1.75. The number of rotatable bonds is 6. The van der Waals surface area contributed by atoms with Crippen LogP contribution in [0.25, 0.3) is 0 Å². The van der Waals surface area contributed by atoms with E-state index >= 15 is 0 Å². The summed E-state index contributed by atoms with van der Waals surface area (Å²) in [6, 6.07) is 4.99. The second kappa shape index (κ2) is 7.25. The lowest BCUT2D eigenvalue weighted by Gasteiger charge is -2.08. The minimum atomic E-state index is -0.326. The number of nitrogens with one attached hydrogen (secondary N) is 2. The fourth-order valence-corrected chi connectivity index (χ4v) is 1.54. The Morgan fingerprint density at radius 2 is 2.11 bits per heavy atom. The second-order valence-corrected chi connectivity index (χ2v) is 3.86. The van der Waals surface area contributed by atoms with Crippen molar-refractivity contribution in [2.24, 2.45) is 0 Å². The summed E-state index contributed by atoms with van der Waals surface area (Å²) in [5.41, 5.74) is 7.50. The Labute approximate surface area is 112 Å². The van der Waals surface area contributed by atoms with Crippen molar-refractivity contribution in [1.82, 2.24) is 5.32 Å². The van der Waals surface area contributed by atoms with E-state index in [9.17, 15) is 9.59 Å². The van der Waals surface area contributed by atoms with Crippen LogP contribution >= 0.6 is 0 Å². The van der Waals surface area contributed by atoms with Gasteiger partial charge in [0.1, 0.15) is 0 Å². The van der Waals surface area contributed by atoms with Crippen molar-refractivity contribution in [3.8, 4) is 0 Å². The number of carbonyl (C=O) groups is 2. The molecule has 0 spiro atoms. The molecule has 4 N–H and O–H groups in total. The number of anilines is 2. The van der Waals surface area contributed by atoms with Gasteiger partial charge >= 0.3 is 5.97 Å². The zero-order chi connectivity index (χ0) is 14.3. The Hall–Kier alpha value is -2.24. The van der Waals surface area contributed by atoms with E-state index in [-0.39, 0.29) is 24.8 Å². The normalized spacial score (nSPS) is 9.79. The minimum absolute atomic E-state index is 0.156. The molecular weight excluding hydrogens is 246 g/mol. The minimum Gasteiger partial charge on any atom is -0.466 e. The molecule has 0 aliphatic carbocycles. The van der Waals surface area contributed by atoms with Gasteiger partial charge in [0.05, 0.1) is 24.4 Å². The molecule has 0 bridgehead atoms. The fraction of sp³-hybridized carbons (Fsp3) is 0.385. The maximum atomic E-state index is 11.8. The predicted octanol–water partition coefficient (Wildman–Crippen LogP) is 0.993. The average molecular weight is 265 g/mol. The molecule has 6 nitrogen and oxygen atoms in total. The third-order valence-electron chi connectivity index (χ3n) is 2.50. The van der Waals surface area contributed by atoms with Gasteiger partial charge in [-0.3, -0.25) is 9.59 Å². The Balaban J connectivity index is 2.50. The summed E-state index contributed by atoms with van der Waals surface area (Å²) in [5, 5.41) is 5.55. The molecule has 19 heavy (non-hydrogen) atoms. The Bertz CT molecular complexity index is 460. The first kappa shape index (κ1) is 14.8. The highest BCUT2D eigenvalue weighted by Crippen LogP contribution is 2.18. The van der Waals surface area contributed by atoms with E-state index in [1.165, 1.54) is 0 Å². The lowest BCUT2D eigenvalue weighted by Crippen LogP contribution is -2.26. The van der Waals surface area contributed by atoms with E-state index in [0.717, 1.165) is 5.69 Å². The quantitative estimate of drug-likeness (QED) is 0.527. The number of carbonyl (C=O) groups excluding carboxylic acids is 2. The van der Waals surface area contributed by atoms with Gasteiger partial charge in [0.15, 0.2) is 0 Å². The summed E-state index contributed by atoms with van der Waals surface area (Å²) in [6.45, 7) is 2.32. The van der Waals surface area contributed by atoms with Gasteiger partial charge < -0.3 is 21.1 Å². The van der Waals surface area contributed by atoms with Crippen molar-refractivity contribution in [1.29, 1.82) is 0 Å². The van der Waals surface area contributed by atoms with E-state index in [4.69, 9.17) is 10.5 Å². The molecule has 0 aromatic heterocycles. The zero-order valence-corrected chi connectivity index (χ0v) is 11.2. The largest absolute Gasteiger partial charge is 0.466 e. The monoisotopic (exact) mass is 265 g/mol. The van der Waals surface area contributed by atoms with Crippen molar-refractivity contribution in [3.05, 3.63) is 23.8 Å². The zero-order valence-electron chi connectivity index (χ0n) is 11.2. The number of ether oxygens (including phenoxy) is 1. The molecular formula is C13H19N3O3. The van der Waals surface area contributed by atoms with E-state index in [1.54, 1.807) is 32.2 Å². The van der Waals surface area contributed by atoms with Crippen LogP contribution in [0.5, 0.6) is 0 Å². The molecule has 0 radical (unpaired) electrons. The Morgan fingerprint density at radius 1 is 1.37 bits per heavy atom. The summed E-state index contributed by atoms with van der Waals surface area (Å²) in [6.07, 6.45) is 0.156.